The van der Waals surface area contributed by atoms with Crippen molar-refractivity contribution in [2.75, 3.05) is 6.54 Å². The predicted molar refractivity (Wildman–Crippen MR) is 114 cm³/mol. The molecule has 0 unspecified atom stereocenters. The van der Waals surface area contributed by atoms with E-state index in [1.807, 2.05) is 62.4 Å². The van der Waals surface area contributed by atoms with E-state index in [2.05, 4.69) is 18.3 Å². The average Bonchev–Trinajstić information content (AvgIpc) is 2.71. The van der Waals surface area contributed by atoms with Gasteiger partial charge in [0.1, 0.15) is 6.04 Å². The van der Waals surface area contributed by atoms with Crippen molar-refractivity contribution in [2.45, 2.75) is 59.0 Å². The zero-order valence-electron chi connectivity index (χ0n) is 17.3. The summed E-state index contributed by atoms with van der Waals surface area (Å²) in [4.78, 5) is 27.6. The van der Waals surface area contributed by atoms with Crippen molar-refractivity contribution < 1.29 is 9.59 Å². The largest absolute Gasteiger partial charge is 0.354 e. The van der Waals surface area contributed by atoms with E-state index >= 15 is 0 Å². The van der Waals surface area contributed by atoms with Crippen molar-refractivity contribution in [1.29, 1.82) is 0 Å². The lowest BCUT2D eigenvalue weighted by molar-refractivity contribution is -0.141. The van der Waals surface area contributed by atoms with Crippen LogP contribution in [0.4, 0.5) is 0 Å². The van der Waals surface area contributed by atoms with E-state index in [0.717, 1.165) is 29.5 Å². The summed E-state index contributed by atoms with van der Waals surface area (Å²) < 4.78 is 0. The second-order valence-electron chi connectivity index (χ2n) is 7.21. The molecule has 28 heavy (non-hydrogen) atoms. The van der Waals surface area contributed by atoms with Crippen LogP contribution in [-0.4, -0.2) is 29.3 Å². The maximum Gasteiger partial charge on any atom is 0.243 e. The second kappa shape index (κ2) is 11.3. The van der Waals surface area contributed by atoms with Gasteiger partial charge >= 0.3 is 0 Å². The van der Waals surface area contributed by atoms with Crippen molar-refractivity contribution >= 4 is 11.8 Å². The number of aryl methyl sites for hydroxylation is 1. The Morgan fingerprint density at radius 3 is 2.36 bits per heavy atom. The van der Waals surface area contributed by atoms with Gasteiger partial charge in [0.15, 0.2) is 0 Å². The number of unbranched alkanes of at least 4 members (excludes halogenated alkanes) is 1. The Balaban J connectivity index is 2.30. The number of carbonyl (C=O) groups excluding carboxylic acids is 2. The molecule has 0 bridgehead atoms. The molecule has 0 saturated heterocycles. The number of nitrogens with zero attached hydrogens (tertiary/aromatic N) is 1. The monoisotopic (exact) mass is 380 g/mol. The van der Waals surface area contributed by atoms with Gasteiger partial charge in [-0.05, 0) is 24.5 Å². The number of hydrogen-bond donors (Lipinski definition) is 1. The van der Waals surface area contributed by atoms with Crippen LogP contribution in [0, 0.1) is 6.92 Å². The highest BCUT2D eigenvalue weighted by Crippen LogP contribution is 2.16. The summed E-state index contributed by atoms with van der Waals surface area (Å²) in [6.07, 6.45) is 2.84. The van der Waals surface area contributed by atoms with Crippen molar-refractivity contribution in [3.63, 3.8) is 0 Å². The lowest BCUT2D eigenvalue weighted by atomic mass is 10.0. The third-order valence-electron chi connectivity index (χ3n) is 4.84. The Kier molecular flexibility index (Phi) is 8.73. The SMILES string of the molecule is CCCCNC(=O)[C@H](Cc1ccccc1)N(Cc1cccc(C)c1)C(=O)CC. The van der Waals surface area contributed by atoms with E-state index in [1.54, 1.807) is 4.90 Å². The van der Waals surface area contributed by atoms with Crippen LogP contribution < -0.4 is 5.32 Å². The summed E-state index contributed by atoms with van der Waals surface area (Å²) in [6, 6.07) is 17.5. The molecule has 0 fully saturated rings. The van der Waals surface area contributed by atoms with Gasteiger partial charge in [0.05, 0.1) is 0 Å². The zero-order valence-corrected chi connectivity index (χ0v) is 17.3. The zero-order chi connectivity index (χ0) is 20.4. The lowest BCUT2D eigenvalue weighted by Gasteiger charge is -2.31. The van der Waals surface area contributed by atoms with Gasteiger partial charge < -0.3 is 10.2 Å². The number of rotatable bonds is 10. The Labute approximate surface area is 169 Å². The minimum atomic E-state index is -0.521. The van der Waals surface area contributed by atoms with Crippen LogP contribution in [-0.2, 0) is 22.6 Å². The Morgan fingerprint density at radius 1 is 1.00 bits per heavy atom. The molecule has 0 aliphatic rings. The van der Waals surface area contributed by atoms with Gasteiger partial charge in [0, 0.05) is 25.9 Å². The van der Waals surface area contributed by atoms with Gasteiger partial charge in [-0.25, -0.2) is 0 Å². The van der Waals surface area contributed by atoms with Crippen LogP contribution in [0.5, 0.6) is 0 Å². The summed E-state index contributed by atoms with van der Waals surface area (Å²) >= 11 is 0. The molecule has 150 valence electrons. The van der Waals surface area contributed by atoms with Crippen LogP contribution in [0.2, 0.25) is 0 Å². The van der Waals surface area contributed by atoms with Crippen LogP contribution >= 0.6 is 0 Å². The number of benzene rings is 2. The molecular formula is C24H32N2O2. The highest BCUT2D eigenvalue weighted by molar-refractivity contribution is 5.87. The van der Waals surface area contributed by atoms with Crippen LogP contribution in [0.25, 0.3) is 0 Å². The summed E-state index contributed by atoms with van der Waals surface area (Å²) in [5, 5.41) is 3.03. The van der Waals surface area contributed by atoms with E-state index in [4.69, 9.17) is 0 Å². The minimum Gasteiger partial charge on any atom is -0.354 e. The molecule has 4 heteroatoms. The smallest absolute Gasteiger partial charge is 0.243 e. The Morgan fingerprint density at radius 2 is 1.71 bits per heavy atom. The first-order valence-electron chi connectivity index (χ1n) is 10.2. The Bertz CT molecular complexity index is 758. The summed E-state index contributed by atoms with van der Waals surface area (Å²) in [5.41, 5.74) is 3.24. The molecule has 2 aromatic carbocycles. The number of hydrogen-bond acceptors (Lipinski definition) is 2. The first kappa shape index (κ1) is 21.7. The van der Waals surface area contributed by atoms with Gasteiger partial charge in [0.25, 0.3) is 0 Å². The third-order valence-corrected chi connectivity index (χ3v) is 4.84. The molecule has 0 heterocycles. The first-order valence-corrected chi connectivity index (χ1v) is 10.2. The molecule has 0 aliphatic heterocycles. The highest BCUT2D eigenvalue weighted by Gasteiger charge is 2.29. The molecule has 0 aliphatic carbocycles. The first-order chi connectivity index (χ1) is 13.5. The normalized spacial score (nSPS) is 11.7. The maximum atomic E-state index is 13.0. The molecule has 2 aromatic rings. The van der Waals surface area contributed by atoms with Gasteiger partial charge in [-0.3, -0.25) is 9.59 Å². The van der Waals surface area contributed by atoms with Crippen molar-refractivity contribution in [1.82, 2.24) is 10.2 Å². The molecule has 4 nitrogen and oxygen atoms in total. The topological polar surface area (TPSA) is 49.4 Å². The maximum absolute atomic E-state index is 13.0. The van der Waals surface area contributed by atoms with E-state index in [1.165, 1.54) is 0 Å². The van der Waals surface area contributed by atoms with Gasteiger partial charge in [-0.2, -0.15) is 0 Å². The highest BCUT2D eigenvalue weighted by atomic mass is 16.2. The number of carbonyl (C=O) groups is 2. The molecule has 0 spiro atoms. The second-order valence-corrected chi connectivity index (χ2v) is 7.21. The molecule has 0 aromatic heterocycles. The average molecular weight is 381 g/mol. The minimum absolute atomic E-state index is 0.00641. The van der Waals surface area contributed by atoms with Crippen molar-refractivity contribution in [3.05, 3.63) is 71.3 Å². The summed E-state index contributed by atoms with van der Waals surface area (Å²) in [6.45, 7) is 7.05. The number of nitrogens with one attached hydrogen (secondary N) is 1. The molecule has 2 rings (SSSR count). The van der Waals surface area contributed by atoms with Crippen LogP contribution in [0.15, 0.2) is 54.6 Å². The molecule has 0 radical (unpaired) electrons. The fourth-order valence-electron chi connectivity index (χ4n) is 3.27. The number of amides is 2. The quantitative estimate of drug-likeness (QED) is 0.626. The Hall–Kier alpha value is -2.62. The van der Waals surface area contributed by atoms with Gasteiger partial charge in [-0.1, -0.05) is 80.4 Å². The fraction of sp³-hybridized carbons (Fsp3) is 0.417. The standard InChI is InChI=1S/C24H32N2O2/c1-4-6-15-25-24(28)22(17-20-12-8-7-9-13-20)26(23(27)5-2)18-21-14-10-11-19(3)16-21/h7-14,16,22H,4-6,15,17-18H2,1-3H3,(H,25,28)/t22-/m0/s1. The molecule has 1 N–H and O–H groups in total. The van der Waals surface area contributed by atoms with E-state index in [0.29, 0.717) is 25.9 Å². The fourth-order valence-corrected chi connectivity index (χ4v) is 3.27. The van der Waals surface area contributed by atoms with Gasteiger partial charge in [0.2, 0.25) is 11.8 Å². The predicted octanol–water partition coefficient (Wildman–Crippen LogP) is 4.26. The van der Waals surface area contributed by atoms with Crippen molar-refractivity contribution in [3.8, 4) is 0 Å². The van der Waals surface area contributed by atoms with E-state index < -0.39 is 6.04 Å². The molecule has 1 atom stereocenters. The molecule has 2 amide bonds. The lowest BCUT2D eigenvalue weighted by Crippen LogP contribution is -2.50. The van der Waals surface area contributed by atoms with E-state index in [9.17, 15) is 9.59 Å². The summed E-state index contributed by atoms with van der Waals surface area (Å²) in [5.74, 6) is -0.0835. The van der Waals surface area contributed by atoms with Crippen molar-refractivity contribution in [2.24, 2.45) is 0 Å². The molecule has 0 saturated carbocycles. The van der Waals surface area contributed by atoms with Crippen LogP contribution in [0.1, 0.15) is 49.8 Å². The third kappa shape index (κ3) is 6.52. The van der Waals surface area contributed by atoms with E-state index in [-0.39, 0.29) is 11.8 Å². The molecular weight excluding hydrogens is 348 g/mol. The summed E-state index contributed by atoms with van der Waals surface area (Å²) in [7, 11) is 0. The van der Waals surface area contributed by atoms with Crippen LogP contribution in [0.3, 0.4) is 0 Å². The van der Waals surface area contributed by atoms with Gasteiger partial charge in [-0.15, -0.1) is 0 Å².